The molecule has 0 bridgehead atoms. The molecule has 2 rings (SSSR count). The van der Waals surface area contributed by atoms with Crippen molar-refractivity contribution in [1.29, 1.82) is 0 Å². The molecule has 7 heteroatoms. The Morgan fingerprint density at radius 1 is 1.33 bits per heavy atom. The SMILES string of the molecule is Cc1nn(C)c(Cl)c1CC(N)C1CCC(C(F)(F)F)CC1. The minimum absolute atomic E-state index is 0.124. The lowest BCUT2D eigenvalue weighted by molar-refractivity contribution is -0.184. The first kappa shape index (κ1) is 16.6. The van der Waals surface area contributed by atoms with Crippen LogP contribution in [0.25, 0.3) is 0 Å². The zero-order valence-electron chi connectivity index (χ0n) is 12.3. The average molecular weight is 324 g/mol. The molecule has 0 aliphatic heterocycles. The number of hydrogen-bond donors (Lipinski definition) is 1. The Morgan fingerprint density at radius 3 is 2.33 bits per heavy atom. The number of aryl methyl sites for hydroxylation is 2. The van der Waals surface area contributed by atoms with Crippen molar-refractivity contribution in [2.24, 2.45) is 24.6 Å². The second kappa shape index (κ2) is 6.16. The molecule has 0 spiro atoms. The maximum atomic E-state index is 12.7. The first-order valence-corrected chi connectivity index (χ1v) is 7.58. The molecule has 1 unspecified atom stereocenters. The maximum Gasteiger partial charge on any atom is 0.391 e. The summed E-state index contributed by atoms with van der Waals surface area (Å²) in [6.07, 6.45) is -2.08. The molecule has 3 nitrogen and oxygen atoms in total. The van der Waals surface area contributed by atoms with E-state index in [-0.39, 0.29) is 24.8 Å². The predicted molar refractivity (Wildman–Crippen MR) is 76.1 cm³/mol. The van der Waals surface area contributed by atoms with Crippen LogP contribution in [0.5, 0.6) is 0 Å². The Bertz CT molecular complexity index is 490. The van der Waals surface area contributed by atoms with E-state index in [4.69, 9.17) is 17.3 Å². The zero-order chi connectivity index (χ0) is 15.8. The Kier molecular flexibility index (Phi) is 4.88. The molecule has 1 aliphatic carbocycles. The van der Waals surface area contributed by atoms with Gasteiger partial charge in [-0.1, -0.05) is 11.6 Å². The van der Waals surface area contributed by atoms with E-state index in [0.29, 0.717) is 24.4 Å². The van der Waals surface area contributed by atoms with Gasteiger partial charge < -0.3 is 5.73 Å². The van der Waals surface area contributed by atoms with Crippen LogP contribution in [0.1, 0.15) is 36.9 Å². The highest BCUT2D eigenvalue weighted by molar-refractivity contribution is 6.30. The largest absolute Gasteiger partial charge is 0.391 e. The molecule has 0 aromatic carbocycles. The number of rotatable bonds is 3. The molecule has 0 radical (unpaired) electrons. The van der Waals surface area contributed by atoms with Crippen LogP contribution in [-0.4, -0.2) is 22.0 Å². The second-order valence-corrected chi connectivity index (χ2v) is 6.36. The number of aromatic nitrogens is 2. The van der Waals surface area contributed by atoms with Crippen molar-refractivity contribution in [3.05, 3.63) is 16.4 Å². The summed E-state index contributed by atoms with van der Waals surface area (Å²) >= 11 is 6.18. The van der Waals surface area contributed by atoms with Gasteiger partial charge in [-0.05, 0) is 44.9 Å². The lowest BCUT2D eigenvalue weighted by Crippen LogP contribution is -2.37. The summed E-state index contributed by atoms with van der Waals surface area (Å²) < 4.78 is 39.6. The van der Waals surface area contributed by atoms with Gasteiger partial charge in [0.1, 0.15) is 5.15 Å². The average Bonchev–Trinajstić information content (AvgIpc) is 2.64. The summed E-state index contributed by atoms with van der Waals surface area (Å²) in [5, 5.41) is 4.80. The monoisotopic (exact) mass is 323 g/mol. The molecule has 2 N–H and O–H groups in total. The minimum atomic E-state index is -4.07. The van der Waals surface area contributed by atoms with E-state index in [0.717, 1.165) is 11.3 Å². The normalized spacial score (nSPS) is 25.1. The molecule has 21 heavy (non-hydrogen) atoms. The summed E-state index contributed by atoms with van der Waals surface area (Å²) in [6, 6.07) is -0.167. The van der Waals surface area contributed by atoms with Crippen LogP contribution in [-0.2, 0) is 13.5 Å². The van der Waals surface area contributed by atoms with Gasteiger partial charge in [0.05, 0.1) is 11.6 Å². The van der Waals surface area contributed by atoms with Crippen LogP contribution in [0.3, 0.4) is 0 Å². The van der Waals surface area contributed by atoms with Crippen molar-refractivity contribution in [2.75, 3.05) is 0 Å². The Hall–Kier alpha value is -0.750. The van der Waals surface area contributed by atoms with Crippen LogP contribution in [0.2, 0.25) is 5.15 Å². The van der Waals surface area contributed by atoms with E-state index in [1.54, 1.807) is 11.7 Å². The molecule has 1 heterocycles. The van der Waals surface area contributed by atoms with Crippen LogP contribution in [0.15, 0.2) is 0 Å². The Labute approximate surface area is 127 Å². The Balaban J connectivity index is 1.95. The highest BCUT2D eigenvalue weighted by atomic mass is 35.5. The van der Waals surface area contributed by atoms with Crippen molar-refractivity contribution in [1.82, 2.24) is 9.78 Å². The minimum Gasteiger partial charge on any atom is -0.327 e. The van der Waals surface area contributed by atoms with Gasteiger partial charge in [0.2, 0.25) is 0 Å². The van der Waals surface area contributed by atoms with Crippen molar-refractivity contribution in [3.8, 4) is 0 Å². The van der Waals surface area contributed by atoms with E-state index < -0.39 is 12.1 Å². The molecular weight excluding hydrogens is 303 g/mol. The van der Waals surface area contributed by atoms with E-state index in [1.807, 2.05) is 6.92 Å². The third kappa shape index (κ3) is 3.72. The molecule has 1 aliphatic rings. The third-order valence-corrected chi connectivity index (χ3v) is 5.02. The van der Waals surface area contributed by atoms with E-state index in [2.05, 4.69) is 5.10 Å². The molecule has 1 aromatic rings. The molecule has 1 atom stereocenters. The second-order valence-electron chi connectivity index (χ2n) is 6.00. The molecule has 120 valence electrons. The fourth-order valence-electron chi connectivity index (χ4n) is 3.18. The summed E-state index contributed by atoms with van der Waals surface area (Å²) in [5.74, 6) is -1.04. The number of nitrogens with zero attached hydrogens (tertiary/aromatic N) is 2. The number of halogens is 4. The first-order chi connectivity index (χ1) is 9.70. The van der Waals surface area contributed by atoms with Gasteiger partial charge in [0.15, 0.2) is 0 Å². The predicted octanol–water partition coefficient (Wildman–Crippen LogP) is 3.62. The van der Waals surface area contributed by atoms with E-state index in [9.17, 15) is 13.2 Å². The van der Waals surface area contributed by atoms with Crippen molar-refractivity contribution in [3.63, 3.8) is 0 Å². The van der Waals surface area contributed by atoms with Crippen molar-refractivity contribution < 1.29 is 13.2 Å². The van der Waals surface area contributed by atoms with Crippen LogP contribution in [0.4, 0.5) is 13.2 Å². The molecule has 0 saturated heterocycles. The summed E-state index contributed by atoms with van der Waals surface area (Å²) in [4.78, 5) is 0. The van der Waals surface area contributed by atoms with Gasteiger partial charge >= 0.3 is 6.18 Å². The number of alkyl halides is 3. The van der Waals surface area contributed by atoms with Crippen molar-refractivity contribution >= 4 is 11.6 Å². The molecule has 1 fully saturated rings. The third-order valence-electron chi connectivity index (χ3n) is 4.55. The topological polar surface area (TPSA) is 43.8 Å². The smallest absolute Gasteiger partial charge is 0.327 e. The summed E-state index contributed by atoms with van der Waals surface area (Å²) in [7, 11) is 1.76. The lowest BCUT2D eigenvalue weighted by atomic mass is 9.77. The van der Waals surface area contributed by atoms with Gasteiger partial charge in [-0.25, -0.2) is 0 Å². The van der Waals surface area contributed by atoms with Crippen molar-refractivity contribution in [2.45, 2.75) is 51.2 Å². The summed E-state index contributed by atoms with van der Waals surface area (Å²) in [6.45, 7) is 1.87. The first-order valence-electron chi connectivity index (χ1n) is 7.20. The maximum absolute atomic E-state index is 12.7. The van der Waals surface area contributed by atoms with Gasteiger partial charge in [0.25, 0.3) is 0 Å². The molecular formula is C14H21ClF3N3. The van der Waals surface area contributed by atoms with E-state index in [1.165, 1.54) is 0 Å². The van der Waals surface area contributed by atoms with Gasteiger partial charge in [-0.2, -0.15) is 18.3 Å². The van der Waals surface area contributed by atoms with Crippen LogP contribution < -0.4 is 5.73 Å². The van der Waals surface area contributed by atoms with Crippen LogP contribution >= 0.6 is 11.6 Å². The fourth-order valence-corrected chi connectivity index (χ4v) is 3.43. The zero-order valence-corrected chi connectivity index (χ0v) is 13.0. The molecule has 0 amide bonds. The number of nitrogens with two attached hydrogens (primary N) is 1. The highest BCUT2D eigenvalue weighted by Gasteiger charge is 2.42. The fraction of sp³-hybridized carbons (Fsp3) is 0.786. The molecule has 1 aromatic heterocycles. The van der Waals surface area contributed by atoms with Gasteiger partial charge in [-0.15, -0.1) is 0 Å². The lowest BCUT2D eigenvalue weighted by Gasteiger charge is -2.33. The quantitative estimate of drug-likeness (QED) is 0.923. The highest BCUT2D eigenvalue weighted by Crippen LogP contribution is 2.40. The standard InChI is InChI=1S/C14H21ClF3N3/c1-8-11(13(15)21(2)20-8)7-12(19)9-3-5-10(6-4-9)14(16,17)18/h9-10,12H,3-7,19H2,1-2H3. The summed E-state index contributed by atoms with van der Waals surface area (Å²) in [5.41, 5.74) is 7.95. The van der Waals surface area contributed by atoms with Crippen LogP contribution in [0, 0.1) is 18.8 Å². The van der Waals surface area contributed by atoms with Gasteiger partial charge in [0, 0.05) is 18.7 Å². The van der Waals surface area contributed by atoms with E-state index >= 15 is 0 Å². The molecule has 1 saturated carbocycles. The Morgan fingerprint density at radius 2 is 1.90 bits per heavy atom. The number of hydrogen-bond acceptors (Lipinski definition) is 2. The van der Waals surface area contributed by atoms with Gasteiger partial charge in [-0.3, -0.25) is 4.68 Å².